The van der Waals surface area contributed by atoms with Crippen LogP contribution in [-0.4, -0.2) is 252 Å². The van der Waals surface area contributed by atoms with Crippen LogP contribution in [0.5, 0.6) is 5.75 Å². The highest BCUT2D eigenvalue weighted by atomic mass is 35.5. The Morgan fingerprint density at radius 3 is 2.06 bits per heavy atom. The number of carbonyl (C=O) groups excluding carboxylic acids is 3. The van der Waals surface area contributed by atoms with E-state index in [1.165, 1.54) is 131 Å². The Morgan fingerprint density at radius 1 is 0.774 bits per heavy atom. The number of rotatable bonds is 15. The van der Waals surface area contributed by atoms with Crippen LogP contribution in [0.4, 0.5) is 40.6 Å². The van der Waals surface area contributed by atoms with Crippen molar-refractivity contribution in [1.82, 2.24) is 38.5 Å². The molecule has 23 rings (SSSR count). The van der Waals surface area contributed by atoms with Gasteiger partial charge in [0.05, 0.1) is 54.4 Å². The number of pyridine rings is 2. The fourth-order valence-electron chi connectivity index (χ4n) is 24.8. The van der Waals surface area contributed by atoms with E-state index in [0.29, 0.717) is 86.3 Å². The molecule has 740 valence electrons. The molecule has 137 heavy (non-hydrogen) atoms. The molecule has 0 amide bonds. The largest absolute Gasteiger partial charge is 0.492 e. The molecular weight excluding hydrogens is 1810 g/mol. The number of benzene rings is 3. The van der Waals surface area contributed by atoms with E-state index in [1.54, 1.807) is 25.1 Å². The molecule has 2 bridgehead atoms. The smallest absolute Gasteiger partial charge is 0.351 e. The summed E-state index contributed by atoms with van der Waals surface area (Å²) in [7, 11) is 1.49. The summed E-state index contributed by atoms with van der Waals surface area (Å²) < 4.78 is 73.2. The molecule has 16 N–H and O–H groups in total. The Hall–Kier alpha value is -10.4. The molecule has 7 aliphatic heterocycles. The average Bonchev–Trinajstić information content (AvgIpc) is 1.52. The summed E-state index contributed by atoms with van der Waals surface area (Å²) in [6.45, 7) is 10.3. The lowest BCUT2D eigenvalue weighted by molar-refractivity contribution is -0.190. The van der Waals surface area contributed by atoms with Gasteiger partial charge in [-0.1, -0.05) is 68.1 Å². The third-order valence-electron chi connectivity index (χ3n) is 31.9. The number of imidazole rings is 1. The molecule has 6 saturated heterocycles. The minimum absolute atomic E-state index is 0. The normalized spacial score (nSPS) is 31.4. The van der Waals surface area contributed by atoms with Gasteiger partial charge in [0, 0.05) is 125 Å². The lowest BCUT2D eigenvalue weighted by atomic mass is 9.46. The number of nitrogens with two attached hydrogens (primary N) is 2. The first kappa shape index (κ1) is 98.2. The quantitative estimate of drug-likeness (QED) is 0.0265. The minimum Gasteiger partial charge on any atom is -0.492 e. The zero-order valence-corrected chi connectivity index (χ0v) is 77.1. The van der Waals surface area contributed by atoms with E-state index in [1.807, 2.05) is 27.0 Å². The monoisotopic (exact) mass is 1930 g/mol. The van der Waals surface area contributed by atoms with Gasteiger partial charge < -0.3 is 101 Å². The van der Waals surface area contributed by atoms with Crippen molar-refractivity contribution in [2.45, 2.75) is 208 Å². The van der Waals surface area contributed by atoms with Crippen molar-refractivity contribution in [3.63, 3.8) is 0 Å². The van der Waals surface area contributed by atoms with Gasteiger partial charge in [-0.15, -0.1) is 0 Å². The second-order valence-corrected chi connectivity index (χ2v) is 40.1. The highest BCUT2D eigenvalue weighted by Gasteiger charge is 2.72. The standard InChI is InChI=1S/C22H25FN2O4.C21H28O6.C20H25NO.C17H18FN3O3.C9H11F2N3O4.C8H12ClN5O3.H2/c1-29-21-18-15(20(26)16(22(27)28)11-25(18)14-6-7-14)8-17(23)19(21)24-9-12-4-2-3-5-13(12)10-24;1-19-6-5-12(23)7-11(19)3-4-13-14-8-16(25)21(27,17(26)10-22)20(14,2)9-15(24)18(13)19;22-20-16-6-2-4-14-3-1-5-15(19(14)16)11-17(20)18-12-21-9-7-13(18)8-10-21;18-13-7-11-14(8-15(13)20-5-3-19-4-6-20)21(10-1-2-10)9-12(16(11)22)17(23)24;10-9(11)6(16)4(3-15)18-7(9)14-2-1-5(12)13-8(14)17;9-8-12-6(10)5-7(14(8)17)13(3-11-5)4(16)1-2-15;/h8,11-14H,2-7,9-10H2,1H3,(H,27,28);5-7,13-16,18,22,24-25,27H,3-4,8-10H2,1-2H3;2,4,6,13,15,17-18H,1,3,5,7-12H2;7-10,19H,1-6H2,(H,23,24);1-2,4,6-7,15-16H,3H2,(H2,12,13,17);3-4,8,15-17H,1-2H2,(H2,10,12);1H/t12-,13+;13-,14?,15-,16+,18?,19-,20-,21-;15-,17+,18-;;;;/m.01..../s1. The number of aliphatic hydroxyl groups is 8. The SMILES string of the molecule is COc1c(N2C[C@H]3CCCC[C@H]3C2)c(F)cc2c(=O)c(C(=O)O)cn(C3CC3)c12.C[C@]12C=CC(=O)C=C1CC[C@@H]1C2[C@@H](O)C[C@@]2(C)C1C[C@@H](O)[C@]2(O)C(=O)CO.NC1=NC(Cl)N(O)c2c1ncn2C(O)CCO.Nc1ccn(C2OC(CO)C(O)C2(F)F)c(=O)n1.O=C(O)c1cn(C2CC2)c2cc(N3CCNCC3)c(F)cc2c1=O.O=C1c2cccc3c2[C@H](CCC3)C[C@H]1[C@@H]1CN2CCC1CC2.[HH]. The van der Waals surface area contributed by atoms with Gasteiger partial charge in [0.2, 0.25) is 22.7 Å². The van der Waals surface area contributed by atoms with Crippen LogP contribution in [0.2, 0.25) is 0 Å². The number of aromatic nitrogens is 6. The predicted molar refractivity (Wildman–Crippen MR) is 497 cm³/mol. The minimum atomic E-state index is -3.71. The highest BCUT2D eigenvalue weighted by molar-refractivity contribution is 6.23. The summed E-state index contributed by atoms with van der Waals surface area (Å²) in [5.41, 5.74) is 10.6. The predicted octanol–water partition coefficient (Wildman–Crippen LogP) is 7.72. The van der Waals surface area contributed by atoms with Crippen molar-refractivity contribution >= 4 is 91.5 Å². The maximum atomic E-state index is 15.3. The number of anilines is 4. The van der Waals surface area contributed by atoms with Crippen LogP contribution >= 0.6 is 11.6 Å². The number of halogens is 5. The first-order valence-corrected chi connectivity index (χ1v) is 47.9. The van der Waals surface area contributed by atoms with E-state index in [-0.39, 0.29) is 108 Å². The van der Waals surface area contributed by atoms with Crippen molar-refractivity contribution in [2.75, 3.05) is 106 Å². The summed E-state index contributed by atoms with van der Waals surface area (Å²) in [6, 6.07) is 12.1. The van der Waals surface area contributed by atoms with E-state index in [2.05, 4.69) is 48.3 Å². The molecule has 35 nitrogen and oxygen atoms in total. The van der Waals surface area contributed by atoms with Gasteiger partial charge in [-0.2, -0.15) is 18.8 Å². The maximum absolute atomic E-state index is 15.3. The number of aryl methyl sites for hydroxylation is 1. The van der Waals surface area contributed by atoms with E-state index in [4.69, 9.17) is 42.8 Å². The van der Waals surface area contributed by atoms with Crippen molar-refractivity contribution in [2.24, 2.45) is 68.9 Å². The number of piperidine rings is 3. The van der Waals surface area contributed by atoms with Crippen LogP contribution in [0.25, 0.3) is 21.8 Å². The number of allylic oxidation sites excluding steroid dienone is 4. The number of piperazine rings is 1. The lowest BCUT2D eigenvalue weighted by Gasteiger charge is -2.59. The molecule has 0 radical (unpaired) electrons. The number of ether oxygens (including phenoxy) is 2. The first-order valence-electron chi connectivity index (χ1n) is 47.4. The first-order chi connectivity index (χ1) is 65.4. The lowest BCUT2D eigenvalue weighted by Crippen LogP contribution is -2.63. The Labute approximate surface area is 791 Å². The van der Waals surface area contributed by atoms with Gasteiger partial charge in [0.1, 0.15) is 53.1 Å². The zero-order valence-electron chi connectivity index (χ0n) is 76.4. The maximum Gasteiger partial charge on any atom is 0.351 e. The molecule has 9 aliphatic carbocycles. The third kappa shape index (κ3) is 18.0. The number of hydrogen-bond donors (Lipinski definition) is 14. The Kier molecular flexibility index (Phi) is 28.0. The van der Waals surface area contributed by atoms with Gasteiger partial charge >= 0.3 is 23.6 Å². The summed E-state index contributed by atoms with van der Waals surface area (Å²) in [5, 5.41) is 111. The molecule has 40 heteroatoms. The number of nitrogen functional groups attached to an aromatic ring is 1. The van der Waals surface area contributed by atoms with E-state index in [0.717, 1.165) is 100 Å². The van der Waals surface area contributed by atoms with Crippen LogP contribution in [0.15, 0.2) is 111 Å². The van der Waals surface area contributed by atoms with Crippen LogP contribution in [-0.2, 0) is 20.7 Å². The molecule has 0 spiro atoms. The van der Waals surface area contributed by atoms with Crippen LogP contribution in [0, 0.1) is 69.8 Å². The number of alkyl halides is 3. The fourth-order valence-corrected chi connectivity index (χ4v) is 25.0. The van der Waals surface area contributed by atoms with E-state index < -0.39 is 124 Å². The number of carbonyl (C=O) groups is 5. The number of aromatic carboxylic acids is 2. The van der Waals surface area contributed by atoms with Gasteiger partial charge in [-0.3, -0.25) is 38.3 Å². The molecule has 7 unspecified atom stereocenters. The van der Waals surface area contributed by atoms with Crippen LogP contribution < -0.4 is 52.9 Å². The molecule has 18 atom stereocenters. The number of carboxylic acids is 2. The number of nitrogens with one attached hydrogen (secondary N) is 1. The number of carboxylic acid groups (broad SMARTS) is 2. The number of ketones is 3. The number of nitrogens with zero attached hydrogens (tertiary/aromatic N) is 11. The number of methoxy groups -OCH3 is 1. The molecule has 16 aliphatic rings. The van der Waals surface area contributed by atoms with Crippen molar-refractivity contribution in [1.29, 1.82) is 0 Å². The fraction of sp³-hybridized carbons (Fsp3) is 0.577. The number of hydroxylamine groups is 1. The molecule has 3 aromatic carbocycles. The molecule has 7 aromatic rings. The van der Waals surface area contributed by atoms with Crippen LogP contribution in [0.1, 0.15) is 209 Å². The third-order valence-corrected chi connectivity index (χ3v) is 32.2. The van der Waals surface area contributed by atoms with Gasteiger partial charge in [-0.25, -0.2) is 33.1 Å². The van der Waals surface area contributed by atoms with Crippen molar-refractivity contribution < 1.29 is 109 Å². The number of Topliss-reactive ketones (excluding diaryl/α,β-unsaturated/α-hetero) is 2. The average molecular weight is 1930 g/mol. The van der Waals surface area contributed by atoms with E-state index in [9.17, 15) is 97.6 Å². The highest BCUT2D eigenvalue weighted by Crippen LogP contribution is 2.67. The van der Waals surface area contributed by atoms with Crippen LogP contribution in [0.3, 0.4) is 0 Å². The molecule has 11 heterocycles. The number of hydrogen-bond acceptors (Lipinski definition) is 29. The number of amidine groups is 1. The Morgan fingerprint density at radius 2 is 1.44 bits per heavy atom. The van der Waals surface area contributed by atoms with E-state index >= 15 is 4.39 Å². The molecule has 4 aromatic heterocycles. The second-order valence-electron chi connectivity index (χ2n) is 39.7. The Bertz CT molecular complexity index is 6130. The Balaban J connectivity index is 0.000000121. The summed E-state index contributed by atoms with van der Waals surface area (Å²) in [5.74, 6) is -3.86. The van der Waals surface area contributed by atoms with Crippen molar-refractivity contribution in [3.8, 4) is 5.75 Å². The summed E-state index contributed by atoms with van der Waals surface area (Å²) in [6.07, 6.45) is 19.5. The number of fused-ring (bicyclic) bond motifs is 12. The number of aliphatic imine (C=N–C) groups is 1. The second kappa shape index (κ2) is 39.0. The van der Waals surface area contributed by atoms with Gasteiger partial charge in [0.15, 0.2) is 52.3 Å². The van der Waals surface area contributed by atoms with Crippen molar-refractivity contribution in [3.05, 3.63) is 167 Å². The molecular formula is C97H121ClF4N14O21. The molecule has 6 saturated carbocycles. The topological polar surface area (TPSA) is 512 Å². The summed E-state index contributed by atoms with van der Waals surface area (Å²) in [4.78, 5) is 115. The van der Waals surface area contributed by atoms with Gasteiger partial charge in [-0.05, 0) is 205 Å². The molecule has 12 fully saturated rings. The number of aliphatic hydroxyl groups excluding tert-OH is 7. The van der Waals surface area contributed by atoms with Gasteiger partial charge in [0.25, 0.3) is 0 Å². The summed E-state index contributed by atoms with van der Waals surface area (Å²) >= 11 is 5.74. The zero-order chi connectivity index (χ0) is 97.7.